The van der Waals surface area contributed by atoms with Crippen LogP contribution in [0.1, 0.15) is 102 Å². The highest BCUT2D eigenvalue weighted by molar-refractivity contribution is 7.90. The SMILES string of the molecule is C=C(CC)CCC1=C(CN2CCN(c3ccc(C(=O)NS(=O)(=O)c4ccc(NCC5CCC(C)(O)CC5)c([N+](=O)[O-])c4)c(Oc4cnc5[nH]ccc5c4)c3)CC2)CCC(C)(C)C1. The number of carbonyl (C=O) groups excluding carboxylic acids is 1. The number of fused-ring (bicyclic) bond motifs is 1. The first-order valence-electron chi connectivity index (χ1n) is 21.9. The van der Waals surface area contributed by atoms with Crippen LogP contribution in [-0.4, -0.2) is 84.1 Å². The third-order valence-corrected chi connectivity index (χ3v) is 14.3. The molecular weight excluding hydrogens is 807 g/mol. The molecule has 0 radical (unpaired) electrons. The lowest BCUT2D eigenvalue weighted by molar-refractivity contribution is -0.384. The van der Waals surface area contributed by atoms with Crippen LogP contribution in [0, 0.1) is 21.4 Å². The van der Waals surface area contributed by atoms with Crippen molar-refractivity contribution in [2.45, 2.75) is 102 Å². The van der Waals surface area contributed by atoms with Crippen LogP contribution in [-0.2, 0) is 10.0 Å². The Labute approximate surface area is 365 Å². The van der Waals surface area contributed by atoms with E-state index in [0.29, 0.717) is 36.2 Å². The van der Waals surface area contributed by atoms with Crippen molar-refractivity contribution in [1.82, 2.24) is 19.6 Å². The number of nitrogens with one attached hydrogen (secondary N) is 3. The third-order valence-electron chi connectivity index (χ3n) is 13.0. The lowest BCUT2D eigenvalue weighted by atomic mass is 9.73. The number of allylic oxidation sites excluding steroid dienone is 2. The zero-order chi connectivity index (χ0) is 44.2. The summed E-state index contributed by atoms with van der Waals surface area (Å²) in [7, 11) is -4.56. The van der Waals surface area contributed by atoms with Gasteiger partial charge in [0, 0.05) is 68.7 Å². The van der Waals surface area contributed by atoms with Crippen molar-refractivity contribution in [3.8, 4) is 11.5 Å². The average molecular weight is 868 g/mol. The minimum absolute atomic E-state index is 0.0326. The second-order valence-corrected chi connectivity index (χ2v) is 20.2. The van der Waals surface area contributed by atoms with Crippen molar-refractivity contribution < 1.29 is 28.0 Å². The van der Waals surface area contributed by atoms with E-state index < -0.39 is 37.0 Å². The zero-order valence-electron chi connectivity index (χ0n) is 36.5. The molecule has 0 spiro atoms. The fourth-order valence-corrected chi connectivity index (χ4v) is 9.89. The molecule has 4 aromatic rings. The maximum Gasteiger partial charge on any atom is 0.293 e. The summed E-state index contributed by atoms with van der Waals surface area (Å²) < 4.78 is 35.8. The number of H-pyrrole nitrogens is 1. The van der Waals surface area contributed by atoms with Gasteiger partial charge in [-0.05, 0) is 119 Å². The van der Waals surface area contributed by atoms with Gasteiger partial charge in [-0.2, -0.15) is 0 Å². The number of pyridine rings is 1. The number of hydrogen-bond acceptors (Lipinski definition) is 11. The standard InChI is InChI=1S/C47H61N7O7S/c1-6-32(2)7-8-35-28-46(3,4)17-15-36(35)31-52-21-23-53(24-22-52)37-9-11-40(43(26-37)61-38-25-34-16-20-48-44(34)50-30-38)45(55)51-62(59,60)39-10-12-41(42(27-39)54(57)58)49-29-33-13-18-47(5,56)19-14-33/h9-12,16,20,25-27,30,33,49,56H,2,6-8,13-15,17-19,21-24,28-29,31H2,1,3-5H3,(H,48,50)(H,51,55). The van der Waals surface area contributed by atoms with E-state index in [9.17, 15) is 28.4 Å². The summed E-state index contributed by atoms with van der Waals surface area (Å²) in [6.45, 7) is 17.6. The molecule has 1 aliphatic heterocycles. The minimum Gasteiger partial charge on any atom is -0.455 e. The van der Waals surface area contributed by atoms with Crippen molar-refractivity contribution in [3.05, 3.63) is 99.9 Å². The van der Waals surface area contributed by atoms with E-state index in [2.05, 4.69) is 57.2 Å². The van der Waals surface area contributed by atoms with Gasteiger partial charge in [0.05, 0.1) is 27.2 Å². The number of amides is 1. The highest BCUT2D eigenvalue weighted by Gasteiger charge is 2.31. The number of hydrogen-bond donors (Lipinski definition) is 4. The Morgan fingerprint density at radius 2 is 1.81 bits per heavy atom. The quantitative estimate of drug-likeness (QED) is 0.0479. The van der Waals surface area contributed by atoms with Crippen molar-refractivity contribution in [1.29, 1.82) is 0 Å². The second kappa shape index (κ2) is 18.6. The van der Waals surface area contributed by atoms with Gasteiger partial charge in [-0.15, -0.1) is 0 Å². The Bertz CT molecular complexity index is 2440. The van der Waals surface area contributed by atoms with Gasteiger partial charge >= 0.3 is 0 Å². The number of benzene rings is 2. The monoisotopic (exact) mass is 867 g/mol. The number of anilines is 2. The highest BCUT2D eigenvalue weighted by Crippen LogP contribution is 2.41. The number of aliphatic hydroxyl groups is 1. The van der Waals surface area contributed by atoms with Crippen LogP contribution in [0.25, 0.3) is 11.0 Å². The zero-order valence-corrected chi connectivity index (χ0v) is 37.3. The van der Waals surface area contributed by atoms with E-state index in [0.717, 1.165) is 94.8 Å². The Morgan fingerprint density at radius 3 is 2.53 bits per heavy atom. The molecule has 332 valence electrons. The maximum atomic E-state index is 13.9. The summed E-state index contributed by atoms with van der Waals surface area (Å²) in [4.78, 5) is 37.2. The fourth-order valence-electron chi connectivity index (χ4n) is 8.91. The number of sulfonamides is 1. The molecule has 62 heavy (non-hydrogen) atoms. The van der Waals surface area contributed by atoms with Gasteiger partial charge in [0.1, 0.15) is 22.8 Å². The number of aromatic nitrogens is 2. The smallest absolute Gasteiger partial charge is 0.293 e. The molecule has 3 heterocycles. The fraction of sp³-hybridized carbons (Fsp3) is 0.489. The van der Waals surface area contributed by atoms with Gasteiger partial charge in [0.25, 0.3) is 21.6 Å². The Hall–Kier alpha value is -5.25. The van der Waals surface area contributed by atoms with E-state index >= 15 is 0 Å². The summed E-state index contributed by atoms with van der Waals surface area (Å²) in [6, 6.07) is 12.3. The average Bonchev–Trinajstić information content (AvgIpc) is 3.71. The Balaban J connectivity index is 1.07. The first-order valence-corrected chi connectivity index (χ1v) is 23.4. The molecule has 2 aromatic heterocycles. The molecule has 0 atom stereocenters. The van der Waals surface area contributed by atoms with E-state index in [-0.39, 0.29) is 22.9 Å². The van der Waals surface area contributed by atoms with Crippen LogP contribution in [0.3, 0.4) is 0 Å². The van der Waals surface area contributed by atoms with Crippen LogP contribution < -0.4 is 19.7 Å². The van der Waals surface area contributed by atoms with E-state index in [4.69, 9.17) is 4.74 Å². The number of rotatable bonds is 16. The molecule has 4 N–H and O–H groups in total. The van der Waals surface area contributed by atoms with Crippen molar-refractivity contribution in [2.24, 2.45) is 11.3 Å². The Morgan fingerprint density at radius 1 is 1.05 bits per heavy atom. The number of nitrogens with zero attached hydrogens (tertiary/aromatic N) is 4. The largest absolute Gasteiger partial charge is 0.455 e. The minimum atomic E-state index is -4.56. The molecular formula is C47H61N7O7S. The van der Waals surface area contributed by atoms with Gasteiger partial charge in [0.2, 0.25) is 0 Å². The van der Waals surface area contributed by atoms with Gasteiger partial charge in [-0.1, -0.05) is 44.1 Å². The first kappa shape index (κ1) is 44.8. The number of piperazine rings is 1. The van der Waals surface area contributed by atoms with E-state index in [1.807, 2.05) is 13.0 Å². The molecule has 14 nitrogen and oxygen atoms in total. The van der Waals surface area contributed by atoms with Crippen LogP contribution in [0.4, 0.5) is 17.1 Å². The van der Waals surface area contributed by atoms with Crippen molar-refractivity contribution in [2.75, 3.05) is 49.5 Å². The molecule has 0 bridgehead atoms. The van der Waals surface area contributed by atoms with Crippen LogP contribution in [0.5, 0.6) is 11.5 Å². The first-order chi connectivity index (χ1) is 29.5. The lowest BCUT2D eigenvalue weighted by Crippen LogP contribution is -2.47. The van der Waals surface area contributed by atoms with E-state index in [1.165, 1.54) is 30.3 Å². The van der Waals surface area contributed by atoms with Gasteiger partial charge in [-0.3, -0.25) is 19.8 Å². The Kier molecular flexibility index (Phi) is 13.4. The summed E-state index contributed by atoms with van der Waals surface area (Å²) in [5, 5.41) is 26.3. The molecule has 2 aliphatic carbocycles. The van der Waals surface area contributed by atoms with Crippen LogP contribution in [0.15, 0.2) is 89.1 Å². The molecule has 1 saturated heterocycles. The number of aromatic amines is 1. The van der Waals surface area contributed by atoms with Crippen molar-refractivity contribution in [3.63, 3.8) is 0 Å². The molecule has 2 fully saturated rings. The van der Waals surface area contributed by atoms with Crippen LogP contribution >= 0.6 is 0 Å². The molecule has 7 rings (SSSR count). The molecule has 15 heteroatoms. The van der Waals surface area contributed by atoms with Crippen molar-refractivity contribution >= 4 is 44.0 Å². The predicted octanol–water partition coefficient (Wildman–Crippen LogP) is 9.11. The summed E-state index contributed by atoms with van der Waals surface area (Å²) in [5.74, 6) is -0.252. The summed E-state index contributed by atoms with van der Waals surface area (Å²) in [5.41, 5.74) is 5.28. The number of carbonyl (C=O) groups is 1. The normalized spacial score (nSPS) is 20.9. The van der Waals surface area contributed by atoms with Gasteiger partial charge in [-0.25, -0.2) is 18.1 Å². The van der Waals surface area contributed by atoms with E-state index in [1.54, 1.807) is 41.6 Å². The number of ether oxygens (including phenoxy) is 1. The highest BCUT2D eigenvalue weighted by atomic mass is 32.2. The predicted molar refractivity (Wildman–Crippen MR) is 243 cm³/mol. The number of nitro benzene ring substituents is 1. The van der Waals surface area contributed by atoms with Gasteiger partial charge < -0.3 is 25.0 Å². The topological polar surface area (TPSA) is 183 Å². The molecule has 2 aromatic carbocycles. The second-order valence-electron chi connectivity index (χ2n) is 18.5. The lowest BCUT2D eigenvalue weighted by Gasteiger charge is -2.39. The molecule has 0 unspecified atom stereocenters. The molecule has 1 amide bonds. The summed E-state index contributed by atoms with van der Waals surface area (Å²) >= 11 is 0. The third kappa shape index (κ3) is 11.0. The number of nitro groups is 1. The van der Waals surface area contributed by atoms with Crippen LogP contribution in [0.2, 0.25) is 0 Å². The molecule has 1 saturated carbocycles. The van der Waals surface area contributed by atoms with Gasteiger partial charge in [0.15, 0.2) is 0 Å². The molecule has 3 aliphatic rings. The maximum absolute atomic E-state index is 13.9. The summed E-state index contributed by atoms with van der Waals surface area (Å²) in [6.07, 6.45) is 12.7.